The summed E-state index contributed by atoms with van der Waals surface area (Å²) in [4.78, 5) is 11.3. The zero-order valence-electron chi connectivity index (χ0n) is 11.5. The molecule has 19 heavy (non-hydrogen) atoms. The van der Waals surface area contributed by atoms with E-state index in [1.165, 1.54) is 6.08 Å². The topological polar surface area (TPSA) is 35.5 Å². The zero-order chi connectivity index (χ0) is 13.2. The van der Waals surface area contributed by atoms with Crippen molar-refractivity contribution in [2.75, 3.05) is 0 Å². The molecule has 5 atom stereocenters. The fraction of sp³-hybridized carbons (Fsp3) is 0.688. The van der Waals surface area contributed by atoms with Crippen molar-refractivity contribution in [1.82, 2.24) is 0 Å². The summed E-state index contributed by atoms with van der Waals surface area (Å²) in [5.74, 6) is 0.997. The minimum atomic E-state index is -0.184. The van der Waals surface area contributed by atoms with Crippen LogP contribution in [0.3, 0.4) is 0 Å². The number of hydrogen-bond donors (Lipinski definition) is 0. The van der Waals surface area contributed by atoms with Crippen molar-refractivity contribution in [3.8, 4) is 0 Å². The molecule has 2 bridgehead atoms. The number of hydrogen-bond acceptors (Lipinski definition) is 3. The normalized spacial score (nSPS) is 41.1. The fourth-order valence-electron chi connectivity index (χ4n) is 3.75. The zero-order valence-corrected chi connectivity index (χ0v) is 11.5. The van der Waals surface area contributed by atoms with E-state index in [1.54, 1.807) is 0 Å². The van der Waals surface area contributed by atoms with Gasteiger partial charge in [0.1, 0.15) is 6.10 Å². The van der Waals surface area contributed by atoms with Crippen molar-refractivity contribution < 1.29 is 14.3 Å². The minimum absolute atomic E-state index is 0.0688. The van der Waals surface area contributed by atoms with Crippen LogP contribution in [-0.2, 0) is 14.3 Å². The van der Waals surface area contributed by atoms with Crippen LogP contribution in [-0.4, -0.2) is 24.3 Å². The van der Waals surface area contributed by atoms with Gasteiger partial charge >= 0.3 is 5.97 Å². The summed E-state index contributed by atoms with van der Waals surface area (Å²) in [6.07, 6.45) is 13.8. The third-order valence-corrected chi connectivity index (χ3v) is 4.64. The Labute approximate surface area is 114 Å². The van der Waals surface area contributed by atoms with E-state index >= 15 is 0 Å². The lowest BCUT2D eigenvalue weighted by molar-refractivity contribution is -0.147. The van der Waals surface area contributed by atoms with Crippen LogP contribution in [0.15, 0.2) is 24.3 Å². The van der Waals surface area contributed by atoms with Gasteiger partial charge in [-0.15, -0.1) is 0 Å². The predicted octanol–water partition coefficient (Wildman–Crippen LogP) is 3.01. The van der Waals surface area contributed by atoms with Crippen molar-refractivity contribution in [1.29, 1.82) is 0 Å². The van der Waals surface area contributed by atoms with Crippen molar-refractivity contribution in [2.45, 2.75) is 57.3 Å². The highest BCUT2D eigenvalue weighted by Crippen LogP contribution is 2.40. The third-order valence-electron chi connectivity index (χ3n) is 4.64. The summed E-state index contributed by atoms with van der Waals surface area (Å²) < 4.78 is 11.5. The summed E-state index contributed by atoms with van der Waals surface area (Å²) in [6.45, 7) is 2.23. The van der Waals surface area contributed by atoms with E-state index < -0.39 is 0 Å². The van der Waals surface area contributed by atoms with Crippen LogP contribution in [0.5, 0.6) is 0 Å². The number of esters is 1. The number of carbonyl (C=O) groups excluding carboxylic acids is 1. The first-order valence-corrected chi connectivity index (χ1v) is 7.45. The molecule has 104 valence electrons. The highest BCUT2D eigenvalue weighted by molar-refractivity contribution is 5.82. The van der Waals surface area contributed by atoms with E-state index in [0.29, 0.717) is 17.9 Å². The van der Waals surface area contributed by atoms with Gasteiger partial charge in [0.05, 0.1) is 12.2 Å². The summed E-state index contributed by atoms with van der Waals surface area (Å²) in [6, 6.07) is 0. The lowest BCUT2D eigenvalue weighted by Gasteiger charge is -2.43. The molecule has 3 rings (SSSR count). The van der Waals surface area contributed by atoms with Crippen LogP contribution in [0.1, 0.15) is 39.0 Å². The van der Waals surface area contributed by atoms with Crippen molar-refractivity contribution in [3.63, 3.8) is 0 Å². The van der Waals surface area contributed by atoms with Gasteiger partial charge in [-0.05, 0) is 31.1 Å². The highest BCUT2D eigenvalue weighted by atomic mass is 16.5. The van der Waals surface area contributed by atoms with Crippen molar-refractivity contribution >= 4 is 5.97 Å². The molecule has 3 heteroatoms. The second-order valence-corrected chi connectivity index (χ2v) is 5.89. The lowest BCUT2D eigenvalue weighted by Crippen LogP contribution is -2.43. The number of cyclic esters (lactones) is 1. The SMILES string of the molecule is CC[C@@H]1[C@H](C[C@H]2CC=CC(=O)O2)C[C@@H]2CC=C[C@@H]1O2. The molecule has 1 fully saturated rings. The van der Waals surface area contributed by atoms with Crippen molar-refractivity contribution in [3.05, 3.63) is 24.3 Å². The fourth-order valence-corrected chi connectivity index (χ4v) is 3.75. The van der Waals surface area contributed by atoms with E-state index in [0.717, 1.165) is 32.1 Å². The molecular formula is C16H22O3. The largest absolute Gasteiger partial charge is 0.459 e. The van der Waals surface area contributed by atoms with Gasteiger partial charge in [-0.3, -0.25) is 0 Å². The Morgan fingerprint density at radius 1 is 1.32 bits per heavy atom. The van der Waals surface area contributed by atoms with Crippen molar-refractivity contribution in [2.24, 2.45) is 11.8 Å². The summed E-state index contributed by atoms with van der Waals surface area (Å²) in [5.41, 5.74) is 0. The molecule has 0 unspecified atom stereocenters. The van der Waals surface area contributed by atoms with E-state index in [1.807, 2.05) is 6.08 Å². The molecule has 0 radical (unpaired) electrons. The first-order valence-electron chi connectivity index (χ1n) is 7.45. The molecule has 0 aliphatic carbocycles. The molecule has 1 saturated heterocycles. The highest BCUT2D eigenvalue weighted by Gasteiger charge is 2.39. The molecule has 0 saturated carbocycles. The number of rotatable bonds is 3. The van der Waals surface area contributed by atoms with Gasteiger partial charge in [-0.25, -0.2) is 4.79 Å². The molecule has 0 aromatic heterocycles. The lowest BCUT2D eigenvalue weighted by atomic mass is 9.74. The van der Waals surface area contributed by atoms with Gasteiger partial charge in [-0.2, -0.15) is 0 Å². The summed E-state index contributed by atoms with van der Waals surface area (Å²) >= 11 is 0. The molecule has 0 spiro atoms. The Kier molecular flexibility index (Phi) is 3.74. The maximum atomic E-state index is 11.3. The molecular weight excluding hydrogens is 240 g/mol. The van der Waals surface area contributed by atoms with Crippen LogP contribution < -0.4 is 0 Å². The van der Waals surface area contributed by atoms with Crippen LogP contribution in [0.4, 0.5) is 0 Å². The van der Waals surface area contributed by atoms with Gasteiger partial charge in [-0.1, -0.05) is 31.6 Å². The Morgan fingerprint density at radius 2 is 2.21 bits per heavy atom. The average molecular weight is 262 g/mol. The standard InChI is InChI=1S/C16H22O3/c1-2-14-11(9-12-5-3-7-15(14)18-12)10-13-6-4-8-16(17)19-13/h3-4,7-8,11-15H,2,5-6,9-10H2,1H3/t11-,12-,13+,14+,15-/m0/s1. The average Bonchev–Trinajstić information content (AvgIpc) is 2.39. The van der Waals surface area contributed by atoms with Crippen LogP contribution >= 0.6 is 0 Å². The second kappa shape index (κ2) is 5.49. The summed E-state index contributed by atoms with van der Waals surface area (Å²) in [7, 11) is 0. The molecule has 0 N–H and O–H groups in total. The molecule has 0 amide bonds. The number of carbonyl (C=O) groups is 1. The molecule has 0 aromatic rings. The maximum absolute atomic E-state index is 11.3. The monoisotopic (exact) mass is 262 g/mol. The maximum Gasteiger partial charge on any atom is 0.330 e. The van der Waals surface area contributed by atoms with Gasteiger partial charge in [0.2, 0.25) is 0 Å². The number of fused-ring (bicyclic) bond motifs is 2. The molecule has 3 aliphatic heterocycles. The van der Waals surface area contributed by atoms with Gasteiger partial charge in [0.15, 0.2) is 0 Å². The molecule has 3 nitrogen and oxygen atoms in total. The smallest absolute Gasteiger partial charge is 0.330 e. The van der Waals surface area contributed by atoms with E-state index in [2.05, 4.69) is 19.1 Å². The third kappa shape index (κ3) is 2.76. The first-order chi connectivity index (χ1) is 9.26. The first kappa shape index (κ1) is 12.9. The molecule has 3 aliphatic rings. The Morgan fingerprint density at radius 3 is 3.00 bits per heavy atom. The Hall–Kier alpha value is -1.09. The van der Waals surface area contributed by atoms with Crippen LogP contribution in [0.2, 0.25) is 0 Å². The summed E-state index contributed by atoms with van der Waals surface area (Å²) in [5, 5.41) is 0. The Bertz CT molecular complexity index is 399. The van der Waals surface area contributed by atoms with E-state index in [4.69, 9.17) is 9.47 Å². The molecule has 0 aromatic carbocycles. The van der Waals surface area contributed by atoms with Gasteiger partial charge in [0, 0.05) is 12.5 Å². The second-order valence-electron chi connectivity index (χ2n) is 5.89. The quantitative estimate of drug-likeness (QED) is 0.579. The number of ether oxygens (including phenoxy) is 2. The predicted molar refractivity (Wildman–Crippen MR) is 72.6 cm³/mol. The Balaban J connectivity index is 1.67. The van der Waals surface area contributed by atoms with Gasteiger partial charge in [0.25, 0.3) is 0 Å². The van der Waals surface area contributed by atoms with E-state index in [9.17, 15) is 4.79 Å². The van der Waals surface area contributed by atoms with E-state index in [-0.39, 0.29) is 18.2 Å². The van der Waals surface area contributed by atoms with Crippen LogP contribution in [0, 0.1) is 11.8 Å². The molecule has 3 heterocycles. The minimum Gasteiger partial charge on any atom is -0.459 e. The van der Waals surface area contributed by atoms with Crippen LogP contribution in [0.25, 0.3) is 0 Å². The van der Waals surface area contributed by atoms with Gasteiger partial charge < -0.3 is 9.47 Å².